The van der Waals surface area contributed by atoms with Crippen molar-refractivity contribution in [2.45, 2.75) is 0 Å². The van der Waals surface area contributed by atoms with Gasteiger partial charge in [-0.3, -0.25) is 4.79 Å². The summed E-state index contributed by atoms with van der Waals surface area (Å²) >= 11 is 6.12. The first-order valence-corrected chi connectivity index (χ1v) is 6.65. The third-order valence-electron chi connectivity index (χ3n) is 3.28. The Balaban J connectivity index is 1.99. The topological polar surface area (TPSA) is 36.1 Å². The first-order valence-electron chi connectivity index (χ1n) is 6.27. The number of amides is 1. The van der Waals surface area contributed by atoms with E-state index in [0.29, 0.717) is 10.7 Å². The number of carbonyl (C=O) groups excluding carboxylic acids is 1. The van der Waals surface area contributed by atoms with Crippen LogP contribution in [0.25, 0.3) is 10.9 Å². The van der Waals surface area contributed by atoms with Crippen LogP contribution in [0, 0.1) is 0 Å². The van der Waals surface area contributed by atoms with Crippen molar-refractivity contribution >= 4 is 34.1 Å². The smallest absolute Gasteiger partial charge is 0.274 e. The zero-order valence-corrected chi connectivity index (χ0v) is 11.7. The van der Waals surface area contributed by atoms with Crippen LogP contribution in [0.3, 0.4) is 0 Å². The van der Waals surface area contributed by atoms with Gasteiger partial charge in [0.15, 0.2) is 0 Å². The Morgan fingerprint density at radius 2 is 1.85 bits per heavy atom. The maximum absolute atomic E-state index is 12.5. The van der Waals surface area contributed by atoms with E-state index in [4.69, 9.17) is 11.6 Å². The van der Waals surface area contributed by atoms with Gasteiger partial charge in [-0.15, -0.1) is 0 Å². The number of nitrogens with zero attached hydrogens (tertiary/aromatic N) is 1. The van der Waals surface area contributed by atoms with Crippen molar-refractivity contribution < 1.29 is 4.79 Å². The second-order valence-corrected chi connectivity index (χ2v) is 4.99. The highest BCUT2D eigenvalue weighted by molar-refractivity contribution is 6.35. The van der Waals surface area contributed by atoms with E-state index in [0.717, 1.165) is 16.6 Å². The van der Waals surface area contributed by atoms with Gasteiger partial charge in [0.2, 0.25) is 0 Å². The number of rotatable bonds is 2. The molecule has 0 aliphatic heterocycles. The molecule has 1 amide bonds. The molecule has 0 saturated carbocycles. The van der Waals surface area contributed by atoms with Gasteiger partial charge in [-0.2, -0.15) is 0 Å². The molecule has 1 heterocycles. The maximum atomic E-state index is 12.5. The summed E-state index contributed by atoms with van der Waals surface area (Å²) in [7, 11) is 1.75. The molecule has 0 unspecified atom stereocenters. The number of aromatic nitrogens is 1. The molecule has 3 aromatic rings. The summed E-state index contributed by atoms with van der Waals surface area (Å²) < 4.78 is 0. The number of nitrogens with one attached hydrogen (secondary N) is 1. The number of aromatic amines is 1. The molecule has 4 heteroatoms. The fourth-order valence-corrected chi connectivity index (χ4v) is 2.41. The lowest BCUT2D eigenvalue weighted by Crippen LogP contribution is -2.26. The molecule has 3 rings (SSSR count). The van der Waals surface area contributed by atoms with Gasteiger partial charge in [-0.1, -0.05) is 41.9 Å². The number of hydrogen-bond donors (Lipinski definition) is 1. The van der Waals surface area contributed by atoms with Crippen molar-refractivity contribution in [2.75, 3.05) is 11.9 Å². The van der Waals surface area contributed by atoms with Crippen molar-refractivity contribution in [3.05, 3.63) is 65.3 Å². The third kappa shape index (κ3) is 2.17. The van der Waals surface area contributed by atoms with Gasteiger partial charge < -0.3 is 9.88 Å². The molecule has 2 aromatic carbocycles. The van der Waals surface area contributed by atoms with Gasteiger partial charge in [0.1, 0.15) is 5.69 Å². The third-order valence-corrected chi connectivity index (χ3v) is 3.60. The highest BCUT2D eigenvalue weighted by Crippen LogP contribution is 2.24. The van der Waals surface area contributed by atoms with Crippen molar-refractivity contribution in [3.8, 4) is 0 Å². The standard InChI is InChI=1S/C16H13ClN2O/c1-19(12-7-3-2-4-8-12)16(20)14-10-11-6-5-9-13(17)15(11)18-14/h2-10,18H,1H3. The average Bonchev–Trinajstić information content (AvgIpc) is 2.92. The fraction of sp³-hybridized carbons (Fsp3) is 0.0625. The van der Waals surface area contributed by atoms with Crippen LogP contribution < -0.4 is 4.90 Å². The minimum Gasteiger partial charge on any atom is -0.349 e. The maximum Gasteiger partial charge on any atom is 0.274 e. The Kier molecular flexibility index (Phi) is 3.20. The highest BCUT2D eigenvalue weighted by atomic mass is 35.5. The van der Waals surface area contributed by atoms with Crippen LogP contribution in [0.15, 0.2) is 54.6 Å². The number of halogens is 1. The zero-order valence-electron chi connectivity index (χ0n) is 10.9. The van der Waals surface area contributed by atoms with E-state index in [1.54, 1.807) is 18.0 Å². The van der Waals surface area contributed by atoms with Crippen molar-refractivity contribution in [3.63, 3.8) is 0 Å². The van der Waals surface area contributed by atoms with Crippen LogP contribution in [-0.2, 0) is 0 Å². The molecule has 1 N–H and O–H groups in total. The molecule has 0 radical (unpaired) electrons. The van der Waals surface area contributed by atoms with Crippen LogP contribution in [0.2, 0.25) is 5.02 Å². The normalized spacial score (nSPS) is 10.7. The van der Waals surface area contributed by atoms with Gasteiger partial charge >= 0.3 is 0 Å². The summed E-state index contributed by atoms with van der Waals surface area (Å²) in [6, 6.07) is 16.9. The summed E-state index contributed by atoms with van der Waals surface area (Å²) in [6.07, 6.45) is 0. The molecule has 0 aliphatic rings. The number of hydrogen-bond acceptors (Lipinski definition) is 1. The van der Waals surface area contributed by atoms with Crippen LogP contribution in [-0.4, -0.2) is 17.9 Å². The second-order valence-electron chi connectivity index (χ2n) is 4.59. The average molecular weight is 285 g/mol. The summed E-state index contributed by atoms with van der Waals surface area (Å²) in [5, 5.41) is 1.55. The van der Waals surface area contributed by atoms with E-state index in [1.807, 2.05) is 48.5 Å². The van der Waals surface area contributed by atoms with Gasteiger partial charge in [0.25, 0.3) is 5.91 Å². The molecular weight excluding hydrogens is 272 g/mol. The first kappa shape index (κ1) is 12.8. The number of fused-ring (bicyclic) bond motifs is 1. The van der Waals surface area contributed by atoms with Gasteiger partial charge in [0, 0.05) is 18.1 Å². The minimum atomic E-state index is -0.0940. The lowest BCUT2D eigenvalue weighted by molar-refractivity contribution is 0.0989. The molecule has 1 aromatic heterocycles. The zero-order chi connectivity index (χ0) is 14.1. The molecule has 0 aliphatic carbocycles. The van der Waals surface area contributed by atoms with Gasteiger partial charge in [0.05, 0.1) is 10.5 Å². The van der Waals surface area contributed by atoms with E-state index in [9.17, 15) is 4.79 Å². The predicted octanol–water partition coefficient (Wildman–Crippen LogP) is 4.10. The Bertz CT molecular complexity index is 765. The first-order chi connectivity index (χ1) is 9.66. The Morgan fingerprint density at radius 3 is 2.55 bits per heavy atom. The van der Waals surface area contributed by atoms with Crippen molar-refractivity contribution in [1.82, 2.24) is 4.98 Å². The molecule has 3 nitrogen and oxygen atoms in total. The van der Waals surface area contributed by atoms with E-state index in [1.165, 1.54) is 0 Å². The van der Waals surface area contributed by atoms with E-state index in [-0.39, 0.29) is 5.91 Å². The molecule has 0 atom stereocenters. The molecule has 0 saturated heterocycles. The Morgan fingerprint density at radius 1 is 1.10 bits per heavy atom. The number of benzene rings is 2. The van der Waals surface area contributed by atoms with E-state index in [2.05, 4.69) is 4.98 Å². The number of para-hydroxylation sites is 2. The highest BCUT2D eigenvalue weighted by Gasteiger charge is 2.16. The number of anilines is 1. The number of H-pyrrole nitrogens is 1. The Hall–Kier alpha value is -2.26. The lowest BCUT2D eigenvalue weighted by Gasteiger charge is -2.16. The second kappa shape index (κ2) is 5.02. The molecule has 20 heavy (non-hydrogen) atoms. The molecule has 0 bridgehead atoms. The summed E-state index contributed by atoms with van der Waals surface area (Å²) in [6.45, 7) is 0. The van der Waals surface area contributed by atoms with Crippen molar-refractivity contribution in [1.29, 1.82) is 0 Å². The Labute approximate surface area is 121 Å². The molecule has 100 valence electrons. The van der Waals surface area contributed by atoms with E-state index < -0.39 is 0 Å². The van der Waals surface area contributed by atoms with Crippen LogP contribution in [0.4, 0.5) is 5.69 Å². The van der Waals surface area contributed by atoms with Gasteiger partial charge in [-0.25, -0.2) is 0 Å². The molecule has 0 spiro atoms. The lowest BCUT2D eigenvalue weighted by atomic mass is 10.2. The summed E-state index contributed by atoms with van der Waals surface area (Å²) in [5.41, 5.74) is 2.17. The molecular formula is C16H13ClN2O. The van der Waals surface area contributed by atoms with Crippen LogP contribution in [0.1, 0.15) is 10.5 Å². The van der Waals surface area contributed by atoms with Crippen molar-refractivity contribution in [2.24, 2.45) is 0 Å². The summed E-state index contributed by atoms with van der Waals surface area (Å²) in [5.74, 6) is -0.0940. The fourth-order valence-electron chi connectivity index (χ4n) is 2.18. The SMILES string of the molecule is CN(C(=O)c1cc2cccc(Cl)c2[nH]1)c1ccccc1. The minimum absolute atomic E-state index is 0.0940. The predicted molar refractivity (Wildman–Crippen MR) is 82.5 cm³/mol. The number of carbonyl (C=O) groups is 1. The quantitative estimate of drug-likeness (QED) is 0.756. The largest absolute Gasteiger partial charge is 0.349 e. The summed E-state index contributed by atoms with van der Waals surface area (Å²) in [4.78, 5) is 17.2. The van der Waals surface area contributed by atoms with Crippen LogP contribution >= 0.6 is 11.6 Å². The van der Waals surface area contributed by atoms with Gasteiger partial charge in [-0.05, 0) is 24.3 Å². The monoisotopic (exact) mass is 284 g/mol. The molecule has 0 fully saturated rings. The van der Waals surface area contributed by atoms with Crippen LogP contribution in [0.5, 0.6) is 0 Å². The van der Waals surface area contributed by atoms with E-state index >= 15 is 0 Å².